The molecule has 5 N–H and O–H groups in total. The summed E-state index contributed by atoms with van der Waals surface area (Å²) in [6.45, 7) is 10.3. The van der Waals surface area contributed by atoms with Crippen LogP contribution in [0.15, 0.2) is 65.5 Å². The minimum absolute atomic E-state index is 0.0228. The Labute approximate surface area is 379 Å². The van der Waals surface area contributed by atoms with Crippen LogP contribution in [-0.2, 0) is 44.2 Å². The number of phenolic OH excluding ortho intramolecular Hbond substituents is 3. The normalized spacial score (nSPS) is 17.6. The molecule has 2 atom stereocenters. The van der Waals surface area contributed by atoms with Crippen LogP contribution in [0, 0.1) is 5.92 Å². The van der Waals surface area contributed by atoms with E-state index in [-0.39, 0.29) is 76.6 Å². The quantitative estimate of drug-likeness (QED) is 0.0962. The molecule has 66 heavy (non-hydrogen) atoms. The van der Waals surface area contributed by atoms with Gasteiger partial charge in [-0.25, -0.2) is 9.78 Å². The van der Waals surface area contributed by atoms with Crippen molar-refractivity contribution >= 4 is 28.7 Å². The van der Waals surface area contributed by atoms with Crippen LogP contribution in [0.3, 0.4) is 0 Å². The van der Waals surface area contributed by atoms with Gasteiger partial charge in [0.1, 0.15) is 30.1 Å². The summed E-state index contributed by atoms with van der Waals surface area (Å²) in [6.07, 6.45) is 0.232. The Balaban J connectivity index is 0.937. The van der Waals surface area contributed by atoms with Crippen LogP contribution in [0.5, 0.6) is 17.2 Å². The van der Waals surface area contributed by atoms with E-state index in [4.69, 9.17) is 14.5 Å². The fourth-order valence-electron chi connectivity index (χ4n) is 9.68. The van der Waals surface area contributed by atoms with E-state index >= 15 is 0 Å². The van der Waals surface area contributed by atoms with Gasteiger partial charge >= 0.3 is 11.9 Å². The van der Waals surface area contributed by atoms with Crippen molar-refractivity contribution in [2.24, 2.45) is 5.92 Å². The molecule has 2 unspecified atom stereocenters. The summed E-state index contributed by atoms with van der Waals surface area (Å²) in [6, 6.07) is 16.4. The van der Waals surface area contributed by atoms with Crippen molar-refractivity contribution in [3.8, 4) is 45.7 Å². The summed E-state index contributed by atoms with van der Waals surface area (Å²) < 4.78 is 14.9. The lowest BCUT2D eigenvalue weighted by molar-refractivity contribution is -0.193. The number of benzene rings is 3. The van der Waals surface area contributed by atoms with Gasteiger partial charge in [0.25, 0.3) is 11.5 Å². The van der Waals surface area contributed by atoms with Gasteiger partial charge in [-0.1, -0.05) is 39.8 Å². The summed E-state index contributed by atoms with van der Waals surface area (Å²) in [7, 11) is 0. The first-order valence-electron chi connectivity index (χ1n) is 22.3. The fourth-order valence-corrected chi connectivity index (χ4v) is 9.68. The molecular formula is C49H51N7O10. The van der Waals surface area contributed by atoms with E-state index in [1.165, 1.54) is 10.6 Å². The summed E-state index contributed by atoms with van der Waals surface area (Å²) in [5.41, 5.74) is 3.76. The van der Waals surface area contributed by atoms with Gasteiger partial charge in [0.2, 0.25) is 11.4 Å². The van der Waals surface area contributed by atoms with Gasteiger partial charge < -0.3 is 39.8 Å². The van der Waals surface area contributed by atoms with Gasteiger partial charge in [0.05, 0.1) is 40.5 Å². The van der Waals surface area contributed by atoms with Gasteiger partial charge in [0.15, 0.2) is 5.82 Å². The van der Waals surface area contributed by atoms with Gasteiger partial charge in [-0.3, -0.25) is 23.9 Å². The number of carbonyl (C=O) groups excluding carboxylic acids is 3. The molecule has 1 fully saturated rings. The molecule has 0 bridgehead atoms. The number of ether oxygens (including phenoxy) is 2. The highest BCUT2D eigenvalue weighted by Gasteiger charge is 2.51. The molecule has 3 aromatic heterocycles. The zero-order valence-electron chi connectivity index (χ0n) is 37.3. The molecule has 342 valence electrons. The molecule has 1 amide bonds. The first kappa shape index (κ1) is 44.1. The molecule has 17 nitrogen and oxygen atoms in total. The molecule has 1 saturated heterocycles. The molecule has 0 saturated carbocycles. The molecule has 6 aromatic rings. The van der Waals surface area contributed by atoms with Crippen molar-refractivity contribution in [2.75, 3.05) is 19.6 Å². The molecule has 0 spiro atoms. The van der Waals surface area contributed by atoms with E-state index in [9.17, 15) is 39.6 Å². The number of aryl methyl sites for hydroxylation is 1. The molecule has 17 heteroatoms. The first-order chi connectivity index (χ1) is 31.7. The highest BCUT2D eigenvalue weighted by Crippen LogP contribution is 2.44. The van der Waals surface area contributed by atoms with E-state index in [0.717, 1.165) is 16.5 Å². The van der Waals surface area contributed by atoms with Gasteiger partial charge in [-0.05, 0) is 97.7 Å². The molecule has 3 aliphatic heterocycles. The Kier molecular flexibility index (Phi) is 11.4. The van der Waals surface area contributed by atoms with E-state index < -0.39 is 35.6 Å². The standard InChI is InChI=1S/C49H51N7O10/c1-6-30-32-19-29(57)13-14-37(32)51-41-34(30)23-55-38(41)21-36-35(46(55)62)24-65-48(64)49(36,7-2)66-47(63)27-15-17-54(18-16-27)45(61)26-9-11-28(12-10-26)56-42(52-53-43(56)44(60)50-8-3)33-20-31(25(4)5)39(58)22-40(33)59/h9-14,19-22,25,27,45,57-59,61H,6-8,15-18,23-24H2,1-5H3,(H,50,60). The maximum atomic E-state index is 14.2. The Hall–Kier alpha value is -7.11. The number of nitrogens with zero attached hydrogens (tertiary/aromatic N) is 6. The van der Waals surface area contributed by atoms with Crippen molar-refractivity contribution in [2.45, 2.75) is 91.2 Å². The number of hydrogen-bond acceptors (Lipinski definition) is 14. The SMILES string of the molecule is CCNC(=O)c1nnc(-c2cc(C(C)C)c(O)cc2O)n1-c1ccc(C(O)N2CCC(C(=O)OC3(CC)C(=O)OCc4c3cc3n(c4=O)Cc4c-3nc3ccc(O)cc3c4CC)CC2)cc1. The highest BCUT2D eigenvalue weighted by molar-refractivity contribution is 5.93. The number of rotatable bonds is 11. The third kappa shape index (κ3) is 7.22. The van der Waals surface area contributed by atoms with Crippen molar-refractivity contribution in [1.82, 2.24) is 34.5 Å². The maximum Gasteiger partial charge on any atom is 0.355 e. The molecule has 0 aliphatic carbocycles. The monoisotopic (exact) mass is 897 g/mol. The number of piperidine rings is 1. The van der Waals surface area contributed by atoms with Gasteiger partial charge in [0, 0.05) is 47.9 Å². The van der Waals surface area contributed by atoms with Crippen molar-refractivity contribution in [3.63, 3.8) is 0 Å². The number of aromatic hydroxyl groups is 3. The van der Waals surface area contributed by atoms with Crippen molar-refractivity contribution in [1.29, 1.82) is 0 Å². The second-order valence-electron chi connectivity index (χ2n) is 17.4. The number of phenols is 3. The number of pyridine rings is 2. The number of carbonyl (C=O) groups is 3. The zero-order valence-corrected chi connectivity index (χ0v) is 37.3. The van der Waals surface area contributed by atoms with Crippen LogP contribution >= 0.6 is 0 Å². The number of amides is 1. The second kappa shape index (κ2) is 17.0. The van der Waals surface area contributed by atoms with Crippen molar-refractivity contribution in [3.05, 3.63) is 110 Å². The lowest BCUT2D eigenvalue weighted by atomic mass is 9.85. The smallest absolute Gasteiger partial charge is 0.355 e. The Bertz CT molecular complexity index is 3010. The number of aliphatic hydroxyl groups is 1. The number of esters is 2. The minimum atomic E-state index is -1.86. The molecule has 6 heterocycles. The average Bonchev–Trinajstić information content (AvgIpc) is 3.91. The molecule has 0 radical (unpaired) electrons. The van der Waals surface area contributed by atoms with Crippen LogP contribution in [0.2, 0.25) is 0 Å². The number of likely N-dealkylation sites (tertiary alicyclic amines) is 1. The number of nitrogens with one attached hydrogen (secondary N) is 1. The third-order valence-corrected chi connectivity index (χ3v) is 13.3. The molecule has 9 rings (SSSR count). The molecular weight excluding hydrogens is 847 g/mol. The van der Waals surface area contributed by atoms with Gasteiger partial charge in [-0.2, -0.15) is 0 Å². The number of aromatic nitrogens is 5. The second-order valence-corrected chi connectivity index (χ2v) is 17.4. The predicted molar refractivity (Wildman–Crippen MR) is 241 cm³/mol. The van der Waals surface area contributed by atoms with Crippen LogP contribution in [0.1, 0.15) is 110 Å². The largest absolute Gasteiger partial charge is 0.508 e. The topological polar surface area (TPSA) is 231 Å². The summed E-state index contributed by atoms with van der Waals surface area (Å²) in [5, 5.41) is 55.2. The van der Waals surface area contributed by atoms with Crippen LogP contribution in [0.25, 0.3) is 39.4 Å². The summed E-state index contributed by atoms with van der Waals surface area (Å²) in [5.74, 6) is -2.59. The number of fused-ring (bicyclic) bond motifs is 5. The highest BCUT2D eigenvalue weighted by atomic mass is 16.6. The summed E-state index contributed by atoms with van der Waals surface area (Å²) >= 11 is 0. The Morgan fingerprint density at radius 2 is 1.68 bits per heavy atom. The lowest BCUT2D eigenvalue weighted by Crippen LogP contribution is -2.49. The Morgan fingerprint density at radius 1 is 0.939 bits per heavy atom. The van der Waals surface area contributed by atoms with E-state index in [0.29, 0.717) is 72.6 Å². The minimum Gasteiger partial charge on any atom is -0.508 e. The first-order valence-corrected chi connectivity index (χ1v) is 22.3. The van der Waals surface area contributed by atoms with E-state index in [2.05, 4.69) is 15.5 Å². The van der Waals surface area contributed by atoms with Crippen LogP contribution in [-0.4, -0.2) is 87.1 Å². The third-order valence-electron chi connectivity index (χ3n) is 13.3. The fraction of sp³-hybridized carbons (Fsp3) is 0.367. The number of cyclic esters (lactones) is 1. The van der Waals surface area contributed by atoms with Crippen LogP contribution in [0.4, 0.5) is 0 Å². The van der Waals surface area contributed by atoms with E-state index in [1.54, 1.807) is 73.0 Å². The average molecular weight is 898 g/mol. The maximum absolute atomic E-state index is 14.2. The van der Waals surface area contributed by atoms with Crippen molar-refractivity contribution < 1.29 is 44.3 Å². The number of hydrogen-bond donors (Lipinski definition) is 5. The van der Waals surface area contributed by atoms with E-state index in [1.807, 2.05) is 25.7 Å². The Morgan fingerprint density at radius 3 is 2.36 bits per heavy atom. The molecule has 3 aromatic carbocycles. The van der Waals surface area contributed by atoms with Gasteiger partial charge in [-0.15, -0.1) is 10.2 Å². The summed E-state index contributed by atoms with van der Waals surface area (Å²) in [4.78, 5) is 62.0. The zero-order chi connectivity index (χ0) is 46.8. The lowest BCUT2D eigenvalue weighted by Gasteiger charge is -2.38. The molecule has 3 aliphatic rings. The predicted octanol–water partition coefficient (Wildman–Crippen LogP) is 5.83. The van der Waals surface area contributed by atoms with Crippen LogP contribution < -0.4 is 10.9 Å². The number of aliphatic hydroxyl groups excluding tert-OH is 1.